The van der Waals surface area contributed by atoms with Gasteiger partial charge in [0, 0.05) is 5.92 Å². The van der Waals surface area contributed by atoms with Crippen molar-refractivity contribution in [1.82, 2.24) is 0 Å². The van der Waals surface area contributed by atoms with E-state index in [9.17, 15) is 4.79 Å². The molecule has 16 heavy (non-hydrogen) atoms. The highest BCUT2D eigenvalue weighted by Crippen LogP contribution is 2.52. The molecule has 0 spiro atoms. The first-order chi connectivity index (χ1) is 7.43. The molecule has 0 aromatic heterocycles. The Morgan fingerprint density at radius 3 is 2.62 bits per heavy atom. The van der Waals surface area contributed by atoms with Crippen molar-refractivity contribution in [2.45, 2.75) is 27.2 Å². The van der Waals surface area contributed by atoms with Crippen LogP contribution in [0.1, 0.15) is 27.2 Å². The van der Waals surface area contributed by atoms with Gasteiger partial charge < -0.3 is 14.6 Å². The third-order valence-electron chi connectivity index (χ3n) is 3.57. The molecule has 1 atom stereocenters. The van der Waals surface area contributed by atoms with Crippen LogP contribution < -0.4 is 0 Å². The summed E-state index contributed by atoms with van der Waals surface area (Å²) < 4.78 is 9.37. The fraction of sp³-hybridized carbons (Fsp3) is 0.750. The van der Waals surface area contributed by atoms with Gasteiger partial charge in [0.2, 0.25) is 0 Å². The van der Waals surface area contributed by atoms with Gasteiger partial charge in [0.1, 0.15) is 0 Å². The second-order valence-electron chi connectivity index (χ2n) is 4.80. The lowest BCUT2D eigenvalue weighted by Crippen LogP contribution is -2.42. The number of rotatable bonds is 3. The summed E-state index contributed by atoms with van der Waals surface area (Å²) in [6, 6.07) is 0. The molecule has 0 heterocycles. The third-order valence-corrected chi connectivity index (χ3v) is 3.57. The maximum Gasteiger partial charge on any atom is 0.507 e. The van der Waals surface area contributed by atoms with Crippen LogP contribution in [0.2, 0.25) is 0 Å². The number of hydrogen-bond donors (Lipinski definition) is 1. The van der Waals surface area contributed by atoms with Gasteiger partial charge >= 0.3 is 6.16 Å². The van der Waals surface area contributed by atoms with E-state index in [0.717, 1.165) is 12.0 Å². The minimum absolute atomic E-state index is 0.000828. The number of carbonyl (C=O) groups excluding carboxylic acids is 1. The maximum atomic E-state index is 10.8. The summed E-state index contributed by atoms with van der Waals surface area (Å²) in [5, 5.41) is 9.08. The van der Waals surface area contributed by atoms with E-state index in [1.54, 1.807) is 0 Å². The number of allylic oxidation sites excluding steroid dienone is 1. The van der Waals surface area contributed by atoms with E-state index in [2.05, 4.69) is 18.6 Å². The van der Waals surface area contributed by atoms with Crippen molar-refractivity contribution in [2.24, 2.45) is 11.3 Å². The summed E-state index contributed by atoms with van der Waals surface area (Å²) in [4.78, 5) is 10.8. The van der Waals surface area contributed by atoms with Crippen molar-refractivity contribution < 1.29 is 19.4 Å². The molecule has 0 saturated heterocycles. The smallest absolute Gasteiger partial charge is 0.438 e. The maximum absolute atomic E-state index is 10.8. The molecule has 0 aromatic rings. The number of carbonyl (C=O) groups is 1. The van der Waals surface area contributed by atoms with Crippen LogP contribution in [0.4, 0.5) is 4.79 Å². The molecule has 0 aromatic carbocycles. The fourth-order valence-electron chi connectivity index (χ4n) is 2.19. The first kappa shape index (κ1) is 13.0. The molecule has 1 aliphatic rings. The normalized spacial score (nSPS) is 25.7. The average molecular weight is 228 g/mol. The molecule has 1 N–H and O–H groups in total. The Morgan fingerprint density at radius 1 is 1.56 bits per heavy atom. The van der Waals surface area contributed by atoms with Gasteiger partial charge in [0.15, 0.2) is 0 Å². The molecular weight excluding hydrogens is 208 g/mol. The highest BCUT2D eigenvalue weighted by atomic mass is 16.7. The van der Waals surface area contributed by atoms with E-state index in [-0.39, 0.29) is 12.0 Å². The van der Waals surface area contributed by atoms with Gasteiger partial charge in [-0.15, -0.1) is 0 Å². The number of methoxy groups -OCH3 is 1. The summed E-state index contributed by atoms with van der Waals surface area (Å²) >= 11 is 0. The highest BCUT2D eigenvalue weighted by molar-refractivity contribution is 5.59. The van der Waals surface area contributed by atoms with Gasteiger partial charge in [-0.05, 0) is 24.3 Å². The van der Waals surface area contributed by atoms with Crippen molar-refractivity contribution in [3.63, 3.8) is 0 Å². The summed E-state index contributed by atoms with van der Waals surface area (Å²) in [5.41, 5.74) is 2.30. The summed E-state index contributed by atoms with van der Waals surface area (Å²) in [5.74, 6) is 0.308. The monoisotopic (exact) mass is 228 g/mol. The molecule has 1 unspecified atom stereocenters. The molecule has 1 fully saturated rings. The lowest BCUT2D eigenvalue weighted by atomic mass is 9.58. The molecule has 0 aliphatic heterocycles. The van der Waals surface area contributed by atoms with Crippen molar-refractivity contribution in [3.05, 3.63) is 11.1 Å². The number of ether oxygens (including phenoxy) is 2. The zero-order valence-electron chi connectivity index (χ0n) is 10.4. The van der Waals surface area contributed by atoms with Crippen LogP contribution in [0.25, 0.3) is 0 Å². The summed E-state index contributed by atoms with van der Waals surface area (Å²) in [7, 11) is 1.30. The van der Waals surface area contributed by atoms with Crippen molar-refractivity contribution >= 4 is 6.16 Å². The van der Waals surface area contributed by atoms with E-state index in [4.69, 9.17) is 9.84 Å². The molecule has 1 saturated carbocycles. The summed E-state index contributed by atoms with van der Waals surface area (Å²) in [6.07, 6.45) is 0.253. The topological polar surface area (TPSA) is 55.8 Å². The van der Waals surface area contributed by atoms with Gasteiger partial charge in [-0.3, -0.25) is 0 Å². The highest BCUT2D eigenvalue weighted by Gasteiger charge is 2.44. The Hall–Kier alpha value is -1.03. The molecule has 0 bridgehead atoms. The lowest BCUT2D eigenvalue weighted by molar-refractivity contribution is 0.0227. The standard InChI is InChI=1S/C12H20O4/c1-8(6-13)10-5-9(12(10,2)3)7-16-11(14)15-4/h9,13H,5-7H2,1-4H3/b10-8+. The Kier molecular flexibility index (Phi) is 3.97. The molecule has 4 heteroatoms. The zero-order chi connectivity index (χ0) is 12.3. The predicted octanol–water partition coefficient (Wildman–Crippen LogP) is 2.12. The van der Waals surface area contributed by atoms with Crippen LogP contribution in [0.3, 0.4) is 0 Å². The summed E-state index contributed by atoms with van der Waals surface area (Å²) in [6.45, 7) is 6.63. The van der Waals surface area contributed by atoms with Crippen LogP contribution in [-0.4, -0.2) is 31.6 Å². The SMILES string of the molecule is COC(=O)OCC1C/C(=C(/C)CO)C1(C)C. The Balaban J connectivity index is 2.54. The molecule has 1 aliphatic carbocycles. The minimum Gasteiger partial charge on any atom is -0.438 e. The second kappa shape index (κ2) is 4.87. The van der Waals surface area contributed by atoms with Gasteiger partial charge in [-0.1, -0.05) is 19.4 Å². The molecule has 1 rings (SSSR count). The molecule has 92 valence electrons. The van der Waals surface area contributed by atoms with E-state index in [0.29, 0.717) is 12.5 Å². The molecule has 0 radical (unpaired) electrons. The van der Waals surface area contributed by atoms with E-state index in [1.807, 2.05) is 6.92 Å². The van der Waals surface area contributed by atoms with Gasteiger partial charge in [0.05, 0.1) is 20.3 Å². The van der Waals surface area contributed by atoms with Crippen molar-refractivity contribution in [2.75, 3.05) is 20.3 Å². The van der Waals surface area contributed by atoms with Crippen LogP contribution in [0.15, 0.2) is 11.1 Å². The molecular formula is C12H20O4. The number of aliphatic hydroxyl groups excluding tert-OH is 1. The fourth-order valence-corrected chi connectivity index (χ4v) is 2.19. The number of hydrogen-bond acceptors (Lipinski definition) is 4. The molecule has 4 nitrogen and oxygen atoms in total. The van der Waals surface area contributed by atoms with Crippen molar-refractivity contribution in [1.29, 1.82) is 0 Å². The van der Waals surface area contributed by atoms with E-state index in [1.165, 1.54) is 12.7 Å². The second-order valence-corrected chi connectivity index (χ2v) is 4.80. The van der Waals surface area contributed by atoms with Crippen LogP contribution >= 0.6 is 0 Å². The number of aliphatic hydroxyl groups is 1. The average Bonchev–Trinajstić information content (AvgIpc) is 2.26. The first-order valence-electron chi connectivity index (χ1n) is 5.44. The molecule has 0 amide bonds. The van der Waals surface area contributed by atoms with Crippen LogP contribution in [-0.2, 0) is 9.47 Å². The third kappa shape index (κ3) is 2.38. The zero-order valence-corrected chi connectivity index (χ0v) is 10.4. The quantitative estimate of drug-likeness (QED) is 0.594. The van der Waals surface area contributed by atoms with Crippen molar-refractivity contribution in [3.8, 4) is 0 Å². The predicted molar refractivity (Wildman–Crippen MR) is 60.0 cm³/mol. The minimum atomic E-state index is -0.632. The lowest BCUT2D eigenvalue weighted by Gasteiger charge is -2.48. The van der Waals surface area contributed by atoms with E-state index < -0.39 is 6.16 Å². The van der Waals surface area contributed by atoms with Gasteiger partial charge in [0.25, 0.3) is 0 Å². The van der Waals surface area contributed by atoms with Gasteiger partial charge in [-0.25, -0.2) is 4.79 Å². The first-order valence-corrected chi connectivity index (χ1v) is 5.44. The van der Waals surface area contributed by atoms with E-state index >= 15 is 0 Å². The van der Waals surface area contributed by atoms with Gasteiger partial charge in [-0.2, -0.15) is 0 Å². The van der Waals surface area contributed by atoms with Crippen LogP contribution in [0, 0.1) is 11.3 Å². The Morgan fingerprint density at radius 2 is 2.19 bits per heavy atom. The Bertz CT molecular complexity index is 304. The van der Waals surface area contributed by atoms with Crippen LogP contribution in [0.5, 0.6) is 0 Å². The Labute approximate surface area is 96.2 Å². The largest absolute Gasteiger partial charge is 0.507 e.